The molecule has 1 aromatic rings. The number of aliphatic hydroxyl groups is 1. The van der Waals surface area contributed by atoms with Gasteiger partial charge in [-0.25, -0.2) is 0 Å². The van der Waals surface area contributed by atoms with Crippen molar-refractivity contribution in [3.8, 4) is 0 Å². The molecule has 0 aromatic heterocycles. The maximum atomic E-state index is 12.1. The number of hydrogen-bond donors (Lipinski definition) is 2. The van der Waals surface area contributed by atoms with Crippen molar-refractivity contribution < 1.29 is 14.6 Å². The van der Waals surface area contributed by atoms with Gasteiger partial charge in [0, 0.05) is 45.5 Å². The van der Waals surface area contributed by atoms with Gasteiger partial charge in [0.05, 0.1) is 12.2 Å². The van der Waals surface area contributed by atoms with Gasteiger partial charge < -0.3 is 20.1 Å². The molecule has 1 aromatic carbocycles. The van der Waals surface area contributed by atoms with Crippen LogP contribution in [-0.4, -0.2) is 73.5 Å². The van der Waals surface area contributed by atoms with E-state index in [2.05, 4.69) is 46.3 Å². The zero-order chi connectivity index (χ0) is 18.8. The van der Waals surface area contributed by atoms with Crippen molar-refractivity contribution in [2.75, 3.05) is 51.3 Å². The summed E-state index contributed by atoms with van der Waals surface area (Å²) in [6.45, 7) is 7.97. The number of morpholine rings is 1. The van der Waals surface area contributed by atoms with Crippen molar-refractivity contribution in [2.24, 2.45) is 0 Å². The molecule has 26 heavy (non-hydrogen) atoms. The van der Waals surface area contributed by atoms with E-state index in [-0.39, 0.29) is 5.91 Å². The number of hydrogen-bond acceptors (Lipinski definition) is 5. The minimum Gasteiger partial charge on any atom is -0.388 e. The first-order valence-electron chi connectivity index (χ1n) is 9.46. The van der Waals surface area contributed by atoms with Crippen LogP contribution in [0.15, 0.2) is 24.3 Å². The predicted octanol–water partition coefficient (Wildman–Crippen LogP) is 1.16. The molecule has 2 N–H and O–H groups in total. The number of β-amino-alcohol motifs (C(OH)–C–C–N with tert-alkyl or cyclic N) is 1. The van der Waals surface area contributed by atoms with Gasteiger partial charge in [-0.1, -0.05) is 12.1 Å². The Morgan fingerprint density at radius 1 is 1.31 bits per heavy atom. The Bertz CT molecular complexity index is 643. The van der Waals surface area contributed by atoms with Crippen LogP contribution in [0.5, 0.6) is 0 Å². The number of anilines is 1. The molecule has 144 valence electrons. The van der Waals surface area contributed by atoms with Gasteiger partial charge in [0.1, 0.15) is 0 Å². The summed E-state index contributed by atoms with van der Waals surface area (Å²) >= 11 is 0. The summed E-state index contributed by atoms with van der Waals surface area (Å²) in [7, 11) is 1.63. The van der Waals surface area contributed by atoms with E-state index >= 15 is 0 Å². The van der Waals surface area contributed by atoms with Crippen molar-refractivity contribution in [3.63, 3.8) is 0 Å². The average molecular weight is 361 g/mol. The van der Waals surface area contributed by atoms with E-state index in [0.717, 1.165) is 32.5 Å². The number of rotatable bonds is 4. The molecule has 0 spiro atoms. The van der Waals surface area contributed by atoms with Crippen LogP contribution in [0.2, 0.25) is 0 Å². The number of ether oxygens (including phenoxy) is 1. The number of benzene rings is 1. The standard InChI is InChI=1S/C20H31N3O3/c1-16-5-4-6-17(13-16)23-9-7-20(25,8-10-23)15-22-11-12-26-19(2,14-22)18(24)21-3/h4-6,13,25H,7-12,14-15H2,1-3H3,(H,21,24). The highest BCUT2D eigenvalue weighted by Crippen LogP contribution is 2.29. The molecule has 1 atom stereocenters. The van der Waals surface area contributed by atoms with Crippen molar-refractivity contribution in [2.45, 2.75) is 37.9 Å². The summed E-state index contributed by atoms with van der Waals surface area (Å²) in [6, 6.07) is 8.51. The average Bonchev–Trinajstić information content (AvgIpc) is 2.61. The molecule has 3 rings (SSSR count). The van der Waals surface area contributed by atoms with Crippen molar-refractivity contribution >= 4 is 11.6 Å². The summed E-state index contributed by atoms with van der Waals surface area (Å²) in [4.78, 5) is 16.6. The van der Waals surface area contributed by atoms with E-state index in [1.807, 2.05) is 6.92 Å². The van der Waals surface area contributed by atoms with Gasteiger partial charge in [-0.2, -0.15) is 0 Å². The molecule has 2 fully saturated rings. The second-order valence-electron chi connectivity index (χ2n) is 7.92. The Morgan fingerprint density at radius 3 is 2.69 bits per heavy atom. The molecule has 1 amide bonds. The minimum atomic E-state index is -0.842. The third-order valence-corrected chi connectivity index (χ3v) is 5.64. The summed E-state index contributed by atoms with van der Waals surface area (Å²) in [5, 5.41) is 13.8. The van der Waals surface area contributed by atoms with Gasteiger partial charge in [-0.15, -0.1) is 0 Å². The Hall–Kier alpha value is -1.63. The number of nitrogens with zero attached hydrogens (tertiary/aromatic N) is 2. The molecule has 6 heteroatoms. The first kappa shape index (κ1) is 19.1. The van der Waals surface area contributed by atoms with Crippen LogP contribution >= 0.6 is 0 Å². The molecule has 0 aliphatic carbocycles. The fourth-order valence-electron chi connectivity index (χ4n) is 4.07. The largest absolute Gasteiger partial charge is 0.388 e. The normalized spacial score (nSPS) is 26.5. The van der Waals surface area contributed by atoms with E-state index in [9.17, 15) is 9.90 Å². The zero-order valence-corrected chi connectivity index (χ0v) is 16.1. The smallest absolute Gasteiger partial charge is 0.253 e. The SMILES string of the molecule is CNC(=O)C1(C)CN(CC2(O)CCN(c3cccc(C)c3)CC2)CCO1. The van der Waals surface area contributed by atoms with Crippen molar-refractivity contribution in [3.05, 3.63) is 29.8 Å². The topological polar surface area (TPSA) is 65.0 Å². The van der Waals surface area contributed by atoms with Gasteiger partial charge in [0.2, 0.25) is 0 Å². The fraction of sp³-hybridized carbons (Fsp3) is 0.650. The van der Waals surface area contributed by atoms with Crippen LogP contribution < -0.4 is 10.2 Å². The molecule has 2 heterocycles. The molecular formula is C20H31N3O3. The number of aryl methyl sites for hydroxylation is 1. The molecule has 0 saturated carbocycles. The van der Waals surface area contributed by atoms with Gasteiger partial charge in [-0.3, -0.25) is 9.69 Å². The van der Waals surface area contributed by atoms with E-state index < -0.39 is 11.2 Å². The number of likely N-dealkylation sites (N-methyl/N-ethyl adjacent to an activating group) is 1. The van der Waals surface area contributed by atoms with Crippen molar-refractivity contribution in [1.82, 2.24) is 10.2 Å². The zero-order valence-electron chi connectivity index (χ0n) is 16.1. The lowest BCUT2D eigenvalue weighted by atomic mass is 9.89. The van der Waals surface area contributed by atoms with Gasteiger partial charge in [0.15, 0.2) is 5.60 Å². The highest BCUT2D eigenvalue weighted by Gasteiger charge is 2.42. The number of piperidine rings is 1. The molecule has 2 saturated heterocycles. The second-order valence-corrected chi connectivity index (χ2v) is 7.92. The van der Waals surface area contributed by atoms with Gasteiger partial charge >= 0.3 is 0 Å². The molecule has 6 nitrogen and oxygen atoms in total. The van der Waals surface area contributed by atoms with Crippen LogP contribution in [0.3, 0.4) is 0 Å². The van der Waals surface area contributed by atoms with Gasteiger partial charge in [-0.05, 0) is 44.4 Å². The number of amides is 1. The summed E-state index contributed by atoms with van der Waals surface area (Å²) in [5.74, 6) is -0.108. The van der Waals surface area contributed by atoms with Crippen molar-refractivity contribution in [1.29, 1.82) is 0 Å². The quantitative estimate of drug-likeness (QED) is 0.843. The van der Waals surface area contributed by atoms with Crippen LogP contribution in [0, 0.1) is 6.92 Å². The third kappa shape index (κ3) is 4.19. The first-order chi connectivity index (χ1) is 12.3. The maximum absolute atomic E-state index is 12.1. The number of carbonyl (C=O) groups excluding carboxylic acids is 1. The molecular weight excluding hydrogens is 330 g/mol. The van der Waals surface area contributed by atoms with Crippen LogP contribution in [0.4, 0.5) is 5.69 Å². The maximum Gasteiger partial charge on any atom is 0.253 e. The molecule has 2 aliphatic rings. The van der Waals surface area contributed by atoms with Crippen LogP contribution in [-0.2, 0) is 9.53 Å². The Morgan fingerprint density at radius 2 is 2.04 bits per heavy atom. The lowest BCUT2D eigenvalue weighted by Crippen LogP contribution is -2.61. The van der Waals surface area contributed by atoms with E-state index in [4.69, 9.17) is 4.74 Å². The molecule has 1 unspecified atom stereocenters. The monoisotopic (exact) mass is 361 g/mol. The van der Waals surface area contributed by atoms with E-state index in [1.54, 1.807) is 7.05 Å². The minimum absolute atomic E-state index is 0.108. The Labute approximate surface area is 156 Å². The van der Waals surface area contributed by atoms with Gasteiger partial charge in [0.25, 0.3) is 5.91 Å². The number of carbonyl (C=O) groups is 1. The number of nitrogens with one attached hydrogen (secondary N) is 1. The lowest BCUT2D eigenvalue weighted by molar-refractivity contribution is -0.159. The van der Waals surface area contributed by atoms with Crippen LogP contribution in [0.1, 0.15) is 25.3 Å². The lowest BCUT2D eigenvalue weighted by Gasteiger charge is -2.45. The Kier molecular flexibility index (Phi) is 5.55. The predicted molar refractivity (Wildman–Crippen MR) is 102 cm³/mol. The molecule has 0 radical (unpaired) electrons. The summed E-state index contributed by atoms with van der Waals surface area (Å²) < 4.78 is 5.71. The fourth-order valence-corrected chi connectivity index (χ4v) is 4.07. The molecule has 0 bridgehead atoms. The highest BCUT2D eigenvalue weighted by molar-refractivity contribution is 5.84. The Balaban J connectivity index is 1.58. The first-order valence-corrected chi connectivity index (χ1v) is 9.46. The van der Waals surface area contributed by atoms with E-state index in [1.165, 1.54) is 11.3 Å². The van der Waals surface area contributed by atoms with Crippen LogP contribution in [0.25, 0.3) is 0 Å². The highest BCUT2D eigenvalue weighted by atomic mass is 16.5. The summed E-state index contributed by atoms with van der Waals surface area (Å²) in [5.41, 5.74) is 0.933. The molecule has 2 aliphatic heterocycles. The van der Waals surface area contributed by atoms with E-state index in [0.29, 0.717) is 19.7 Å². The summed E-state index contributed by atoms with van der Waals surface area (Å²) in [6.07, 6.45) is 1.46. The third-order valence-electron chi connectivity index (χ3n) is 5.64. The second kappa shape index (κ2) is 7.55.